The summed E-state index contributed by atoms with van der Waals surface area (Å²) >= 11 is 0. The van der Waals surface area contributed by atoms with Crippen LogP contribution in [-0.2, 0) is 17.6 Å². The van der Waals surface area contributed by atoms with Crippen LogP contribution >= 0.6 is 0 Å². The highest BCUT2D eigenvalue weighted by atomic mass is 19.4. The van der Waals surface area contributed by atoms with Crippen LogP contribution in [0.15, 0.2) is 53.7 Å². The maximum Gasteiger partial charge on any atom is 0.416 e. The van der Waals surface area contributed by atoms with E-state index in [2.05, 4.69) is 10.3 Å². The first kappa shape index (κ1) is 17.0. The number of alkyl halides is 3. The third-order valence-corrected chi connectivity index (χ3v) is 3.52. The fourth-order valence-corrected chi connectivity index (χ4v) is 2.28. The molecule has 0 bridgehead atoms. The quantitative estimate of drug-likeness (QED) is 0.678. The molecule has 9 heteroatoms. The van der Waals surface area contributed by atoms with Crippen LogP contribution < -0.4 is 10.0 Å². The van der Waals surface area contributed by atoms with Crippen molar-refractivity contribution in [3.05, 3.63) is 65.1 Å². The molecule has 0 spiro atoms. The molecule has 0 saturated carbocycles. The van der Waals surface area contributed by atoms with Gasteiger partial charge in [0.15, 0.2) is 12.8 Å². The van der Waals surface area contributed by atoms with Crippen molar-refractivity contribution in [1.29, 1.82) is 0 Å². The Morgan fingerprint density at radius 2 is 2.08 bits per heavy atom. The normalized spacial score (nSPS) is 16.3. The first-order valence-corrected chi connectivity index (χ1v) is 7.51. The second-order valence-corrected chi connectivity index (χ2v) is 5.30. The van der Waals surface area contributed by atoms with Gasteiger partial charge in [-0.15, -0.1) is 0 Å². The fraction of sp³-hybridized carbons (Fsp3) is 0.250. The Bertz CT molecular complexity index is 780. The van der Waals surface area contributed by atoms with E-state index in [1.165, 1.54) is 23.4 Å². The molecular weight excluding hydrogens is 337 g/mol. The van der Waals surface area contributed by atoms with Crippen molar-refractivity contribution in [2.45, 2.75) is 12.8 Å². The predicted octanol–water partition coefficient (Wildman–Crippen LogP) is 2.36. The zero-order valence-corrected chi connectivity index (χ0v) is 13.0. The van der Waals surface area contributed by atoms with Crippen molar-refractivity contribution >= 4 is 11.6 Å². The number of pyridine rings is 1. The molecule has 1 fully saturated rings. The first-order valence-electron chi connectivity index (χ1n) is 7.51. The van der Waals surface area contributed by atoms with Crippen LogP contribution in [0.1, 0.15) is 11.3 Å². The van der Waals surface area contributed by atoms with Gasteiger partial charge in [0.25, 0.3) is 0 Å². The van der Waals surface area contributed by atoms with E-state index >= 15 is 0 Å². The molecule has 1 aliphatic rings. The van der Waals surface area contributed by atoms with Gasteiger partial charge in [-0.05, 0) is 24.3 Å². The highest BCUT2D eigenvalue weighted by Crippen LogP contribution is 2.31. The van der Waals surface area contributed by atoms with Crippen molar-refractivity contribution in [3.63, 3.8) is 0 Å². The van der Waals surface area contributed by atoms with Gasteiger partial charge < -0.3 is 10.5 Å². The standard InChI is InChI=1S/C16H15F3N4O2/c17-16(18,19)12-4-3-5-13(10-12)21-15-20-7-9-23(15)25-11-14-6-1-2-8-22(14)24/h1-6,8,10H,7,9,11H2,(H,20,21). The molecule has 2 heterocycles. The van der Waals surface area contributed by atoms with Crippen LogP contribution in [0.5, 0.6) is 0 Å². The van der Waals surface area contributed by atoms with Crippen LogP contribution in [0.4, 0.5) is 18.9 Å². The lowest BCUT2D eigenvalue weighted by molar-refractivity contribution is -0.617. The highest BCUT2D eigenvalue weighted by molar-refractivity contribution is 5.83. The minimum atomic E-state index is -4.43. The van der Waals surface area contributed by atoms with Crippen LogP contribution in [0.3, 0.4) is 0 Å². The van der Waals surface area contributed by atoms with E-state index in [1.807, 2.05) is 0 Å². The number of aliphatic imine (C=N–C) groups is 1. The Kier molecular flexibility index (Phi) is 4.75. The van der Waals surface area contributed by atoms with Gasteiger partial charge >= 0.3 is 6.18 Å². The molecule has 0 amide bonds. The van der Waals surface area contributed by atoms with Gasteiger partial charge in [0.1, 0.15) is 0 Å². The van der Waals surface area contributed by atoms with Crippen LogP contribution in [0.25, 0.3) is 0 Å². The molecule has 25 heavy (non-hydrogen) atoms. The monoisotopic (exact) mass is 352 g/mol. The topological polar surface area (TPSA) is 63.8 Å². The van der Waals surface area contributed by atoms with E-state index in [1.54, 1.807) is 18.2 Å². The van der Waals surface area contributed by atoms with E-state index in [9.17, 15) is 18.4 Å². The third-order valence-electron chi connectivity index (χ3n) is 3.52. The number of benzene rings is 1. The molecule has 2 aromatic rings. The van der Waals surface area contributed by atoms with E-state index in [0.717, 1.165) is 12.1 Å². The fourth-order valence-electron chi connectivity index (χ4n) is 2.28. The Balaban J connectivity index is 1.73. The SMILES string of the molecule is [O-][n+]1ccccc1CON1CCN/C1=N\c1cccc(C(F)(F)F)c1. The van der Waals surface area contributed by atoms with Gasteiger partial charge in [0, 0.05) is 18.7 Å². The summed E-state index contributed by atoms with van der Waals surface area (Å²) in [7, 11) is 0. The number of rotatable bonds is 4. The van der Waals surface area contributed by atoms with E-state index in [-0.39, 0.29) is 12.3 Å². The first-order chi connectivity index (χ1) is 11.9. The molecule has 0 unspecified atom stereocenters. The number of hydrogen-bond donors (Lipinski definition) is 1. The molecule has 1 aromatic carbocycles. The number of halogens is 3. The Morgan fingerprint density at radius 3 is 2.84 bits per heavy atom. The minimum Gasteiger partial charge on any atom is -0.618 e. The average molecular weight is 352 g/mol. The molecule has 1 aliphatic heterocycles. The average Bonchev–Trinajstić information content (AvgIpc) is 3.01. The predicted molar refractivity (Wildman–Crippen MR) is 83.4 cm³/mol. The van der Waals surface area contributed by atoms with E-state index < -0.39 is 11.7 Å². The van der Waals surface area contributed by atoms with Gasteiger partial charge in [-0.1, -0.05) is 6.07 Å². The number of guanidine groups is 1. The van der Waals surface area contributed by atoms with Crippen LogP contribution in [0, 0.1) is 5.21 Å². The highest BCUT2D eigenvalue weighted by Gasteiger charge is 2.30. The summed E-state index contributed by atoms with van der Waals surface area (Å²) in [5.74, 6) is 0.299. The summed E-state index contributed by atoms with van der Waals surface area (Å²) in [6, 6.07) is 9.67. The second-order valence-electron chi connectivity index (χ2n) is 5.30. The Hall–Kier alpha value is -2.81. The van der Waals surface area contributed by atoms with Crippen molar-refractivity contribution in [1.82, 2.24) is 10.4 Å². The van der Waals surface area contributed by atoms with Crippen LogP contribution in [0.2, 0.25) is 0 Å². The van der Waals surface area contributed by atoms with Gasteiger partial charge in [-0.3, -0.25) is 4.84 Å². The molecule has 6 nitrogen and oxygen atoms in total. The zero-order valence-electron chi connectivity index (χ0n) is 13.0. The summed E-state index contributed by atoms with van der Waals surface area (Å²) in [5.41, 5.74) is -0.198. The van der Waals surface area contributed by atoms with E-state index in [4.69, 9.17) is 4.84 Å². The Labute approximate surface area is 141 Å². The van der Waals surface area contributed by atoms with E-state index in [0.29, 0.717) is 29.5 Å². The summed E-state index contributed by atoms with van der Waals surface area (Å²) in [6.07, 6.45) is -3.07. The number of hydroxylamine groups is 2. The van der Waals surface area contributed by atoms with Gasteiger partial charge in [-0.25, -0.2) is 10.1 Å². The molecule has 1 saturated heterocycles. The molecule has 132 valence electrons. The molecule has 1 aromatic heterocycles. The number of nitrogens with zero attached hydrogens (tertiary/aromatic N) is 3. The maximum atomic E-state index is 12.8. The summed E-state index contributed by atoms with van der Waals surface area (Å²) < 4.78 is 39.0. The lowest BCUT2D eigenvalue weighted by atomic mass is 10.2. The van der Waals surface area contributed by atoms with Crippen molar-refractivity contribution in [3.8, 4) is 0 Å². The number of nitrogens with one attached hydrogen (secondary N) is 1. The van der Waals surface area contributed by atoms with Crippen LogP contribution in [-0.4, -0.2) is 24.1 Å². The minimum absolute atomic E-state index is 0.0215. The number of hydrogen-bond acceptors (Lipinski definition) is 3. The van der Waals surface area contributed by atoms with Crippen molar-refractivity contribution < 1.29 is 22.7 Å². The third kappa shape index (κ3) is 4.18. The largest absolute Gasteiger partial charge is 0.618 e. The maximum absolute atomic E-state index is 12.8. The summed E-state index contributed by atoms with van der Waals surface area (Å²) in [5, 5.41) is 16.0. The molecule has 0 aliphatic carbocycles. The van der Waals surface area contributed by atoms with Gasteiger partial charge in [0.05, 0.1) is 17.8 Å². The Morgan fingerprint density at radius 1 is 1.24 bits per heavy atom. The molecular formula is C16H15F3N4O2. The number of aromatic nitrogens is 1. The molecule has 1 N–H and O–H groups in total. The second kappa shape index (κ2) is 6.98. The molecule has 0 radical (unpaired) electrons. The van der Waals surface area contributed by atoms with Gasteiger partial charge in [-0.2, -0.15) is 17.9 Å². The lowest BCUT2D eigenvalue weighted by Gasteiger charge is -2.16. The molecule has 0 atom stereocenters. The smallest absolute Gasteiger partial charge is 0.416 e. The van der Waals surface area contributed by atoms with Crippen molar-refractivity contribution in [2.75, 3.05) is 13.1 Å². The summed E-state index contributed by atoms with van der Waals surface area (Å²) in [6.45, 7) is 1.01. The molecule has 3 rings (SSSR count). The zero-order chi connectivity index (χ0) is 17.9. The lowest BCUT2D eigenvalue weighted by Crippen LogP contribution is -2.35. The summed E-state index contributed by atoms with van der Waals surface area (Å²) in [4.78, 5) is 9.72. The van der Waals surface area contributed by atoms with Crippen molar-refractivity contribution in [2.24, 2.45) is 4.99 Å². The van der Waals surface area contributed by atoms with Gasteiger partial charge in [0.2, 0.25) is 11.7 Å².